The van der Waals surface area contributed by atoms with Crippen molar-refractivity contribution in [2.45, 2.75) is 24.7 Å². The second-order valence-corrected chi connectivity index (χ2v) is 10.8. The van der Waals surface area contributed by atoms with E-state index in [4.69, 9.17) is 5.73 Å². The Morgan fingerprint density at radius 2 is 1.94 bits per heavy atom. The lowest BCUT2D eigenvalue weighted by molar-refractivity contribution is -0.118. The van der Waals surface area contributed by atoms with Crippen molar-refractivity contribution in [3.8, 4) is 10.6 Å². The van der Waals surface area contributed by atoms with Crippen LogP contribution in [0.5, 0.6) is 0 Å². The predicted molar refractivity (Wildman–Crippen MR) is 133 cm³/mol. The van der Waals surface area contributed by atoms with E-state index in [1.807, 2.05) is 6.92 Å². The molecule has 0 saturated heterocycles. The number of nitrogens with zero attached hydrogens (tertiary/aromatic N) is 4. The van der Waals surface area contributed by atoms with Crippen molar-refractivity contribution in [2.24, 2.45) is 10.7 Å². The van der Waals surface area contributed by atoms with E-state index in [1.165, 1.54) is 35.2 Å². The number of benzene rings is 1. The molecule has 0 spiro atoms. The van der Waals surface area contributed by atoms with Gasteiger partial charge in [-0.15, -0.1) is 10.2 Å². The molecule has 0 unspecified atom stereocenters. The predicted octanol–water partition coefficient (Wildman–Crippen LogP) is 2.37. The Hall–Kier alpha value is -2.77. The number of anilines is 1. The molecular weight excluding hydrogens is 484 g/mol. The highest BCUT2D eigenvalue weighted by atomic mass is 32.2. The zero-order chi connectivity index (χ0) is 24.6. The fourth-order valence-corrected chi connectivity index (χ4v) is 4.82. The molecule has 2 amide bonds. The number of hydrogen-bond acceptors (Lipinski definition) is 9. The molecule has 178 valence electrons. The summed E-state index contributed by atoms with van der Waals surface area (Å²) in [5, 5.41) is 12.2. The molecule has 0 fully saturated rings. The maximum absolute atomic E-state index is 12.4. The first-order valence-corrected chi connectivity index (χ1v) is 13.5. The van der Waals surface area contributed by atoms with Crippen LogP contribution < -0.4 is 11.1 Å². The summed E-state index contributed by atoms with van der Waals surface area (Å²) in [6.45, 7) is 6.27. The van der Waals surface area contributed by atoms with E-state index in [2.05, 4.69) is 27.1 Å². The van der Waals surface area contributed by atoms with E-state index in [0.29, 0.717) is 33.8 Å². The lowest BCUT2D eigenvalue weighted by Gasteiger charge is -2.26. The summed E-state index contributed by atoms with van der Waals surface area (Å²) in [6, 6.07) is 6.29. The van der Waals surface area contributed by atoms with Crippen LogP contribution in [0.4, 0.5) is 5.13 Å². The Balaban J connectivity index is 1.99. The van der Waals surface area contributed by atoms with Gasteiger partial charge in [-0.25, -0.2) is 8.42 Å². The molecule has 1 heterocycles. The number of sulfone groups is 1. The van der Waals surface area contributed by atoms with Crippen molar-refractivity contribution in [1.29, 1.82) is 0 Å². The zero-order valence-corrected chi connectivity index (χ0v) is 21.0. The van der Waals surface area contributed by atoms with Crippen LogP contribution in [-0.2, 0) is 19.4 Å². The van der Waals surface area contributed by atoms with Crippen LogP contribution in [0.3, 0.4) is 0 Å². The number of primary amides is 1. The largest absolute Gasteiger partial charge is 0.370 e. The fourth-order valence-electron chi connectivity index (χ4n) is 2.59. The van der Waals surface area contributed by atoms with Crippen molar-refractivity contribution < 1.29 is 18.0 Å². The Bertz CT molecular complexity index is 1140. The Kier molecular flexibility index (Phi) is 9.56. The average molecular weight is 511 g/mol. The number of aliphatic imine (C=N–C) groups is 1. The molecular formula is C20H26N6O4S3. The van der Waals surface area contributed by atoms with Crippen LogP contribution in [0, 0.1) is 0 Å². The number of amides is 2. The monoisotopic (exact) mass is 510 g/mol. The number of carbonyl (C=O) groups is 2. The quantitative estimate of drug-likeness (QED) is 0.366. The van der Waals surface area contributed by atoms with Gasteiger partial charge in [0.05, 0.1) is 10.6 Å². The zero-order valence-electron chi connectivity index (χ0n) is 18.6. The van der Waals surface area contributed by atoms with Gasteiger partial charge in [-0.2, -0.15) is 0 Å². The summed E-state index contributed by atoms with van der Waals surface area (Å²) >= 11 is 2.38. The normalized spacial score (nSPS) is 11.8. The Morgan fingerprint density at radius 1 is 1.27 bits per heavy atom. The number of aromatic nitrogens is 2. The Labute approximate surface area is 201 Å². The van der Waals surface area contributed by atoms with Gasteiger partial charge in [-0.05, 0) is 18.6 Å². The second-order valence-electron chi connectivity index (χ2n) is 6.84. The van der Waals surface area contributed by atoms with Gasteiger partial charge in [0.25, 0.3) is 0 Å². The van der Waals surface area contributed by atoms with Crippen molar-refractivity contribution in [2.75, 3.05) is 30.9 Å². The van der Waals surface area contributed by atoms with Gasteiger partial charge in [0.2, 0.25) is 16.9 Å². The SMILES string of the molecule is C=C(CC)N(CCC(N)=O)/C(=N\C)SCC(=O)Nc1nnc(-c2ccc(S(C)(=O)=O)cc2)s1. The number of hydrogen-bond donors (Lipinski definition) is 2. The molecule has 10 nitrogen and oxygen atoms in total. The molecule has 0 bridgehead atoms. The lowest BCUT2D eigenvalue weighted by atomic mass is 10.2. The fraction of sp³-hybridized carbons (Fsp3) is 0.350. The summed E-state index contributed by atoms with van der Waals surface area (Å²) in [4.78, 5) is 29.8. The molecule has 0 aliphatic rings. The highest BCUT2D eigenvalue weighted by Crippen LogP contribution is 2.27. The highest BCUT2D eigenvalue weighted by Gasteiger charge is 2.17. The van der Waals surface area contributed by atoms with Gasteiger partial charge in [0.15, 0.2) is 15.0 Å². The molecule has 0 atom stereocenters. The third-order valence-electron chi connectivity index (χ3n) is 4.33. The number of rotatable bonds is 10. The van der Waals surface area contributed by atoms with E-state index in [9.17, 15) is 18.0 Å². The standard InChI is InChI=1S/C20H26N6O4S3/c1-5-13(2)26(11-10-16(21)27)20(22-3)31-12-17(28)23-19-25-24-18(32-19)14-6-8-15(9-7-14)33(4,29)30/h6-9H,2,5,10-12H2,1,3-4H3,(H2,21,27)(H,23,25,28)/b22-20+. The van der Waals surface area contributed by atoms with E-state index >= 15 is 0 Å². The summed E-state index contributed by atoms with van der Waals surface area (Å²) in [6.07, 6.45) is 1.94. The number of allylic oxidation sites excluding steroid dienone is 1. The average Bonchev–Trinajstić information content (AvgIpc) is 3.23. The van der Waals surface area contributed by atoms with Crippen molar-refractivity contribution in [3.63, 3.8) is 0 Å². The molecule has 0 radical (unpaired) electrons. The van der Waals surface area contributed by atoms with E-state index in [-0.39, 0.29) is 23.0 Å². The number of thioether (sulfide) groups is 1. The summed E-state index contributed by atoms with van der Waals surface area (Å²) < 4.78 is 23.2. The minimum atomic E-state index is -3.28. The van der Waals surface area contributed by atoms with Crippen LogP contribution in [0.1, 0.15) is 19.8 Å². The molecule has 0 aliphatic carbocycles. The molecule has 2 rings (SSSR count). The molecule has 3 N–H and O–H groups in total. The van der Waals surface area contributed by atoms with Crippen LogP contribution >= 0.6 is 23.1 Å². The van der Waals surface area contributed by atoms with Crippen LogP contribution in [0.15, 0.2) is 46.4 Å². The lowest BCUT2D eigenvalue weighted by Crippen LogP contribution is -2.32. The van der Waals surface area contributed by atoms with Crippen LogP contribution in [0.25, 0.3) is 10.6 Å². The third-order valence-corrected chi connectivity index (χ3v) is 7.41. The van der Waals surface area contributed by atoms with Gasteiger partial charge < -0.3 is 10.6 Å². The molecule has 1 aromatic heterocycles. The summed E-state index contributed by atoms with van der Waals surface area (Å²) in [5.41, 5.74) is 6.72. The molecule has 0 aliphatic heterocycles. The first-order chi connectivity index (χ1) is 15.5. The third kappa shape index (κ3) is 7.94. The van der Waals surface area contributed by atoms with Crippen LogP contribution in [0.2, 0.25) is 0 Å². The Morgan fingerprint density at radius 3 is 2.48 bits per heavy atom. The second kappa shape index (κ2) is 11.9. The number of nitrogens with one attached hydrogen (secondary N) is 1. The molecule has 0 saturated carbocycles. The summed E-state index contributed by atoms with van der Waals surface area (Å²) in [7, 11) is -1.68. The number of nitrogens with two attached hydrogens (primary N) is 1. The first-order valence-electron chi connectivity index (χ1n) is 9.82. The van der Waals surface area contributed by atoms with Gasteiger partial charge in [-0.1, -0.05) is 48.7 Å². The minimum Gasteiger partial charge on any atom is -0.370 e. The van der Waals surface area contributed by atoms with Crippen molar-refractivity contribution in [1.82, 2.24) is 15.1 Å². The maximum Gasteiger partial charge on any atom is 0.236 e. The topological polar surface area (TPSA) is 148 Å². The smallest absolute Gasteiger partial charge is 0.236 e. The molecule has 1 aromatic carbocycles. The molecule has 2 aromatic rings. The van der Waals surface area contributed by atoms with Crippen LogP contribution in [-0.4, -0.2) is 66.1 Å². The number of carbonyl (C=O) groups excluding carboxylic acids is 2. The van der Waals surface area contributed by atoms with Crippen molar-refractivity contribution >= 4 is 55.0 Å². The van der Waals surface area contributed by atoms with E-state index in [1.54, 1.807) is 24.1 Å². The van der Waals surface area contributed by atoms with Gasteiger partial charge in [-0.3, -0.25) is 19.9 Å². The van der Waals surface area contributed by atoms with Gasteiger partial charge in [0.1, 0.15) is 5.01 Å². The molecule has 13 heteroatoms. The van der Waals surface area contributed by atoms with Crippen molar-refractivity contribution in [3.05, 3.63) is 36.5 Å². The van der Waals surface area contributed by atoms with E-state index in [0.717, 1.165) is 12.0 Å². The number of amidine groups is 1. The van der Waals surface area contributed by atoms with Gasteiger partial charge in [0, 0.05) is 37.5 Å². The first kappa shape index (κ1) is 26.5. The highest BCUT2D eigenvalue weighted by molar-refractivity contribution is 8.14. The summed E-state index contributed by atoms with van der Waals surface area (Å²) in [5.74, 6) is -0.664. The van der Waals surface area contributed by atoms with E-state index < -0.39 is 15.7 Å². The maximum atomic E-state index is 12.4. The van der Waals surface area contributed by atoms with Gasteiger partial charge >= 0.3 is 0 Å². The molecule has 33 heavy (non-hydrogen) atoms. The minimum absolute atomic E-state index is 0.0642.